The average Bonchev–Trinajstić information content (AvgIpc) is 3.75. The molecule has 2 aromatic rings. The molecule has 1 saturated carbocycles. The topological polar surface area (TPSA) is 245 Å². The van der Waals surface area contributed by atoms with E-state index < -0.39 is 102 Å². The van der Waals surface area contributed by atoms with Crippen LogP contribution in [-0.4, -0.2) is 132 Å². The largest absolute Gasteiger partial charge is 0.481 e. The molecule has 378 valence electrons. The van der Waals surface area contributed by atoms with E-state index >= 15 is 0 Å². The average molecular weight is 953 g/mol. The summed E-state index contributed by atoms with van der Waals surface area (Å²) in [4.78, 5) is 99.5. The lowest BCUT2D eigenvalue weighted by Gasteiger charge is -2.34. The third kappa shape index (κ3) is 18.8. The van der Waals surface area contributed by atoms with Crippen molar-refractivity contribution in [1.82, 2.24) is 41.8 Å². The van der Waals surface area contributed by atoms with Gasteiger partial charge in [0.05, 0.1) is 24.3 Å². The highest BCUT2D eigenvalue weighted by atomic mass is 16.6. The van der Waals surface area contributed by atoms with Gasteiger partial charge < -0.3 is 55.7 Å². The number of ether oxygens (including phenoxy) is 4. The third-order valence-electron chi connectivity index (χ3n) is 11.4. The minimum Gasteiger partial charge on any atom is -0.481 e. The second kappa shape index (κ2) is 26.1. The predicted octanol–water partition coefficient (Wildman–Crippen LogP) is 4.79. The molecular formula is C49H76N8O11. The van der Waals surface area contributed by atoms with E-state index in [4.69, 9.17) is 18.9 Å². The first-order valence-corrected chi connectivity index (χ1v) is 24.1. The Labute approximate surface area is 401 Å². The monoisotopic (exact) mass is 953 g/mol. The lowest BCUT2D eigenvalue weighted by Crippen LogP contribution is -2.59. The number of benzene rings is 1. The number of likely N-dealkylation sites (tertiary alicyclic amines) is 1. The number of hydrogen-bond acceptors (Lipinski definition) is 12. The van der Waals surface area contributed by atoms with Gasteiger partial charge in [-0.3, -0.25) is 29.0 Å². The Morgan fingerprint density at radius 1 is 0.765 bits per heavy atom. The maximum absolute atomic E-state index is 14.2. The van der Waals surface area contributed by atoms with Crippen LogP contribution in [0.15, 0.2) is 36.5 Å². The van der Waals surface area contributed by atoms with Crippen molar-refractivity contribution >= 4 is 52.6 Å². The van der Waals surface area contributed by atoms with Gasteiger partial charge in [-0.05, 0) is 111 Å². The van der Waals surface area contributed by atoms with Crippen LogP contribution < -0.4 is 36.6 Å². The first-order chi connectivity index (χ1) is 32.1. The van der Waals surface area contributed by atoms with Crippen LogP contribution in [0.2, 0.25) is 0 Å². The number of aromatic nitrogens is 1. The lowest BCUT2D eigenvalue weighted by atomic mass is 9.96. The number of rotatable bonds is 22. The quantitative estimate of drug-likeness (QED) is 0.0874. The van der Waals surface area contributed by atoms with Crippen molar-refractivity contribution in [2.75, 3.05) is 32.8 Å². The van der Waals surface area contributed by atoms with E-state index in [1.807, 2.05) is 32.9 Å². The number of nitrogens with one attached hydrogen (secondary N) is 6. The molecule has 0 unspecified atom stereocenters. The van der Waals surface area contributed by atoms with Crippen molar-refractivity contribution < 1.29 is 52.5 Å². The number of carbonyl (C=O) groups is 7. The molecule has 1 aliphatic heterocycles. The maximum atomic E-state index is 14.2. The van der Waals surface area contributed by atoms with Crippen LogP contribution in [-0.2, 0) is 38.2 Å². The molecule has 0 spiro atoms. The van der Waals surface area contributed by atoms with Gasteiger partial charge in [-0.15, -0.1) is 0 Å². The zero-order valence-electron chi connectivity index (χ0n) is 41.5. The van der Waals surface area contributed by atoms with Gasteiger partial charge in [-0.25, -0.2) is 9.59 Å². The van der Waals surface area contributed by atoms with Gasteiger partial charge in [0.15, 0.2) is 6.61 Å². The van der Waals surface area contributed by atoms with Crippen LogP contribution in [0.25, 0.3) is 10.9 Å². The fourth-order valence-electron chi connectivity index (χ4n) is 8.22. The first kappa shape index (κ1) is 54.9. The number of hydrogen-bond donors (Lipinski definition) is 6. The number of unbranched alkanes of at least 4 members (excludes halogenated alkanes) is 1. The van der Waals surface area contributed by atoms with Crippen molar-refractivity contribution in [2.45, 2.75) is 174 Å². The van der Waals surface area contributed by atoms with E-state index in [9.17, 15) is 33.6 Å². The Morgan fingerprint density at radius 3 is 2.18 bits per heavy atom. The maximum Gasteiger partial charge on any atom is 0.407 e. The number of alkyl carbamates (subject to hydrolysis) is 2. The normalized spacial score (nSPS) is 17.3. The van der Waals surface area contributed by atoms with Gasteiger partial charge in [-0.1, -0.05) is 51.3 Å². The highest BCUT2D eigenvalue weighted by Gasteiger charge is 2.39. The minimum atomic E-state index is -1.14. The third-order valence-corrected chi connectivity index (χ3v) is 11.4. The second-order valence-electron chi connectivity index (χ2n) is 20.0. The Balaban J connectivity index is 1.38. The van der Waals surface area contributed by atoms with E-state index in [0.29, 0.717) is 43.5 Å². The van der Waals surface area contributed by atoms with E-state index in [-0.39, 0.29) is 25.6 Å². The van der Waals surface area contributed by atoms with Crippen LogP contribution in [0.3, 0.4) is 0 Å². The fourth-order valence-corrected chi connectivity index (χ4v) is 8.22. The number of pyridine rings is 1. The van der Waals surface area contributed by atoms with Crippen molar-refractivity contribution in [3.63, 3.8) is 0 Å². The SMILES string of the molecule is CC(C)[C@H](NC(=O)[C@H](CCCCNC(=O)OC(C)(C)C)NC(=O)COc1cccc2cccnc12)C(=O)NCC(=O)N[C@H](C(=O)N1CCC[C@H]1COC(=O)NC1CCCCC1)[C@@H](C)OC(C)(C)C. The Morgan fingerprint density at radius 2 is 1.49 bits per heavy atom. The highest BCUT2D eigenvalue weighted by molar-refractivity contribution is 5.95. The number of fused-ring (bicyclic) bond motifs is 1. The van der Waals surface area contributed by atoms with Gasteiger partial charge in [0.1, 0.15) is 41.6 Å². The summed E-state index contributed by atoms with van der Waals surface area (Å²) < 4.78 is 22.9. The summed E-state index contributed by atoms with van der Waals surface area (Å²) in [7, 11) is 0. The Bertz CT molecular complexity index is 2010. The molecule has 1 saturated heterocycles. The molecule has 0 bridgehead atoms. The smallest absolute Gasteiger partial charge is 0.407 e. The summed E-state index contributed by atoms with van der Waals surface area (Å²) in [6.07, 6.45) is 7.13. The molecule has 6 N–H and O–H groups in total. The zero-order valence-corrected chi connectivity index (χ0v) is 41.5. The first-order valence-electron chi connectivity index (χ1n) is 24.1. The van der Waals surface area contributed by atoms with E-state index in [1.54, 1.807) is 70.8 Å². The summed E-state index contributed by atoms with van der Waals surface area (Å²) >= 11 is 0. The molecule has 1 aliphatic carbocycles. The predicted molar refractivity (Wildman–Crippen MR) is 255 cm³/mol. The van der Waals surface area contributed by atoms with Crippen molar-refractivity contribution in [3.8, 4) is 5.75 Å². The molecule has 2 aliphatic rings. The van der Waals surface area contributed by atoms with Crippen LogP contribution in [0, 0.1) is 5.92 Å². The molecule has 19 nitrogen and oxygen atoms in total. The lowest BCUT2D eigenvalue weighted by molar-refractivity contribution is -0.146. The molecule has 1 aromatic heterocycles. The van der Waals surface area contributed by atoms with Crippen molar-refractivity contribution in [2.24, 2.45) is 5.92 Å². The van der Waals surface area contributed by atoms with Gasteiger partial charge in [0.25, 0.3) is 5.91 Å². The summed E-state index contributed by atoms with van der Waals surface area (Å²) in [5, 5.41) is 17.3. The minimum absolute atomic E-state index is 0.00425. The van der Waals surface area contributed by atoms with Gasteiger partial charge in [0, 0.05) is 30.7 Å². The van der Waals surface area contributed by atoms with E-state index in [2.05, 4.69) is 36.9 Å². The van der Waals surface area contributed by atoms with E-state index in [0.717, 1.165) is 37.5 Å². The standard InChI is InChI=1S/C49H76N8O11/c1-31(2)40(56-43(60)36(23-13-14-25-51-46(63)68-49(7,8)9)54-39(59)30-65-37-24-15-18-33-19-16-26-50-42(33)37)44(61)52-28-38(58)55-41(32(3)67-48(4,5)6)45(62)57-27-17-22-35(57)29-66-47(64)53-34-20-11-10-12-21-34/h15-16,18-19,24,26,31-32,34-36,40-41H,10-14,17,20-23,25,27-30H2,1-9H3,(H,51,63)(H,52,61)(H,53,64)(H,54,59)(H,55,58)(H,56,60)/t32-,35+,36+,40+,41+/m1/s1. The summed E-state index contributed by atoms with van der Waals surface area (Å²) in [5.74, 6) is -3.02. The van der Waals surface area contributed by atoms with E-state index in [1.165, 1.54) is 0 Å². The van der Waals surface area contributed by atoms with Gasteiger partial charge >= 0.3 is 12.2 Å². The van der Waals surface area contributed by atoms with Crippen molar-refractivity contribution in [1.29, 1.82) is 0 Å². The number of para-hydroxylation sites is 1. The van der Waals surface area contributed by atoms with Crippen LogP contribution in [0.4, 0.5) is 9.59 Å². The molecule has 0 radical (unpaired) electrons. The summed E-state index contributed by atoms with van der Waals surface area (Å²) in [6, 6.07) is 5.32. The van der Waals surface area contributed by atoms with Crippen LogP contribution in [0.5, 0.6) is 5.75 Å². The van der Waals surface area contributed by atoms with Crippen LogP contribution >= 0.6 is 0 Å². The zero-order chi connectivity index (χ0) is 50.0. The molecule has 5 atom stereocenters. The van der Waals surface area contributed by atoms with Crippen LogP contribution in [0.1, 0.15) is 127 Å². The fraction of sp³-hybridized carbons (Fsp3) is 0.673. The Kier molecular flexibility index (Phi) is 21.1. The highest BCUT2D eigenvalue weighted by Crippen LogP contribution is 2.24. The van der Waals surface area contributed by atoms with Gasteiger partial charge in [-0.2, -0.15) is 0 Å². The second-order valence-corrected chi connectivity index (χ2v) is 20.0. The number of carbonyl (C=O) groups excluding carboxylic acids is 7. The molecule has 4 rings (SSSR count). The Hall–Kier alpha value is -5.72. The number of amides is 7. The molecule has 7 amide bonds. The summed E-state index contributed by atoms with van der Waals surface area (Å²) in [6.45, 7) is 15.6. The number of nitrogens with zero attached hydrogens (tertiary/aromatic N) is 2. The molecular weight excluding hydrogens is 877 g/mol. The molecule has 2 fully saturated rings. The molecule has 1 aromatic carbocycles. The molecule has 68 heavy (non-hydrogen) atoms. The van der Waals surface area contributed by atoms with Crippen molar-refractivity contribution in [3.05, 3.63) is 36.5 Å². The molecule has 19 heteroatoms. The molecule has 2 heterocycles. The summed E-state index contributed by atoms with van der Waals surface area (Å²) in [5.41, 5.74) is -0.768. The van der Waals surface area contributed by atoms with Gasteiger partial charge in [0.2, 0.25) is 23.6 Å².